The van der Waals surface area contributed by atoms with Gasteiger partial charge >= 0.3 is 22.7 Å². The van der Waals surface area contributed by atoms with E-state index in [0.29, 0.717) is 0 Å². The van der Waals surface area contributed by atoms with Gasteiger partial charge in [-0.25, -0.2) is 0 Å². The van der Waals surface area contributed by atoms with Crippen molar-refractivity contribution in [2.75, 3.05) is 0 Å². The maximum Gasteiger partial charge on any atom is 0.484 e. The van der Waals surface area contributed by atoms with E-state index in [2.05, 4.69) is 8.37 Å². The first-order chi connectivity index (χ1) is 8.04. The Bertz CT molecular complexity index is 496. The van der Waals surface area contributed by atoms with E-state index in [-0.39, 0.29) is 0 Å². The Hall–Kier alpha value is -1.42. The van der Waals surface area contributed by atoms with Crippen LogP contribution in [0.2, 0.25) is 0 Å². The predicted octanol–water partition coefficient (Wildman–Crippen LogP) is 2.48. The van der Waals surface area contributed by atoms with E-state index in [4.69, 9.17) is 0 Å². The van der Waals surface area contributed by atoms with Crippen LogP contribution >= 0.6 is 0 Å². The number of para-hydroxylation sites is 1. The standard InChI is InChI=1S/C8H5F5O4S/c9-7(10,11)8(12,13)17-18(14,15)16-6-4-2-1-3-5-6/h1-5H. The van der Waals surface area contributed by atoms with Gasteiger partial charge in [-0.3, -0.25) is 0 Å². The lowest BCUT2D eigenvalue weighted by molar-refractivity contribution is -0.360. The Morgan fingerprint density at radius 2 is 1.44 bits per heavy atom. The molecule has 1 aromatic carbocycles. The molecule has 0 N–H and O–H groups in total. The molecule has 0 bridgehead atoms. The molecule has 102 valence electrons. The van der Waals surface area contributed by atoms with Gasteiger partial charge in [0, 0.05) is 0 Å². The van der Waals surface area contributed by atoms with Crippen molar-refractivity contribution in [1.82, 2.24) is 0 Å². The summed E-state index contributed by atoms with van der Waals surface area (Å²) in [5, 5.41) is 0. The molecule has 0 aliphatic rings. The highest BCUT2D eigenvalue weighted by atomic mass is 32.3. The Morgan fingerprint density at radius 3 is 1.89 bits per heavy atom. The number of hydrogen-bond donors (Lipinski definition) is 0. The number of rotatable bonds is 4. The molecule has 0 fully saturated rings. The van der Waals surface area contributed by atoms with Crippen LogP contribution in [0.4, 0.5) is 22.0 Å². The molecule has 0 amide bonds. The zero-order chi connectivity index (χ0) is 14.0. The first-order valence-electron chi connectivity index (χ1n) is 4.18. The van der Waals surface area contributed by atoms with Crippen LogP contribution in [-0.4, -0.2) is 20.7 Å². The van der Waals surface area contributed by atoms with E-state index in [1.165, 1.54) is 18.2 Å². The highest BCUT2D eigenvalue weighted by molar-refractivity contribution is 7.82. The Kier molecular flexibility index (Phi) is 3.81. The molecule has 0 aliphatic carbocycles. The predicted molar refractivity (Wildman–Crippen MR) is 48.1 cm³/mol. The van der Waals surface area contributed by atoms with Crippen LogP contribution in [-0.2, 0) is 14.6 Å². The first-order valence-corrected chi connectivity index (χ1v) is 5.51. The highest BCUT2D eigenvalue weighted by Gasteiger charge is 2.62. The minimum atomic E-state index is -6.17. The van der Waals surface area contributed by atoms with Crippen molar-refractivity contribution in [2.24, 2.45) is 0 Å². The van der Waals surface area contributed by atoms with E-state index in [1.54, 1.807) is 0 Å². The molecule has 0 atom stereocenters. The highest BCUT2D eigenvalue weighted by Crippen LogP contribution is 2.37. The summed E-state index contributed by atoms with van der Waals surface area (Å²) in [6, 6.07) is 6.09. The third-order valence-electron chi connectivity index (χ3n) is 1.48. The van der Waals surface area contributed by atoms with Crippen molar-refractivity contribution in [2.45, 2.75) is 12.3 Å². The molecule has 0 saturated carbocycles. The molecule has 1 rings (SSSR count). The molecule has 0 aliphatic heterocycles. The van der Waals surface area contributed by atoms with Gasteiger partial charge in [0.15, 0.2) is 0 Å². The average molecular weight is 292 g/mol. The third-order valence-corrected chi connectivity index (χ3v) is 2.29. The zero-order valence-corrected chi connectivity index (χ0v) is 9.13. The summed E-state index contributed by atoms with van der Waals surface area (Å²) in [7, 11) is -5.55. The van der Waals surface area contributed by atoms with Crippen LogP contribution in [0, 0.1) is 0 Å². The van der Waals surface area contributed by atoms with Gasteiger partial charge in [-0.05, 0) is 12.1 Å². The molecule has 0 spiro atoms. The quantitative estimate of drug-likeness (QED) is 0.800. The summed E-state index contributed by atoms with van der Waals surface area (Å²) >= 11 is 0. The second-order valence-electron chi connectivity index (χ2n) is 2.90. The van der Waals surface area contributed by atoms with E-state index in [9.17, 15) is 30.4 Å². The fourth-order valence-electron chi connectivity index (χ4n) is 0.786. The van der Waals surface area contributed by atoms with Gasteiger partial charge in [0.1, 0.15) is 5.75 Å². The molecule has 0 radical (unpaired) electrons. The van der Waals surface area contributed by atoms with Crippen molar-refractivity contribution < 1.29 is 38.7 Å². The molecular weight excluding hydrogens is 287 g/mol. The van der Waals surface area contributed by atoms with Gasteiger partial charge in [0.25, 0.3) is 0 Å². The maximum absolute atomic E-state index is 12.3. The lowest BCUT2D eigenvalue weighted by Gasteiger charge is -2.18. The molecule has 18 heavy (non-hydrogen) atoms. The number of hydrogen-bond acceptors (Lipinski definition) is 4. The van der Waals surface area contributed by atoms with Gasteiger partial charge in [0.2, 0.25) is 0 Å². The lowest BCUT2D eigenvalue weighted by Crippen LogP contribution is -2.41. The summed E-state index contributed by atoms with van der Waals surface area (Å²) in [5.41, 5.74) is 0. The molecule has 0 heterocycles. The van der Waals surface area contributed by atoms with Gasteiger partial charge < -0.3 is 4.18 Å². The Labute approximate surface area is 98.3 Å². The number of alkyl halides is 5. The largest absolute Gasteiger partial charge is 0.484 e. The minimum absolute atomic E-state index is 0.463. The molecule has 0 saturated heterocycles. The van der Waals surface area contributed by atoms with Crippen LogP contribution in [0.3, 0.4) is 0 Å². The monoisotopic (exact) mass is 292 g/mol. The van der Waals surface area contributed by atoms with Crippen LogP contribution in [0.15, 0.2) is 30.3 Å². The van der Waals surface area contributed by atoms with Gasteiger partial charge in [-0.15, -0.1) is 0 Å². The number of benzene rings is 1. The van der Waals surface area contributed by atoms with Crippen LogP contribution < -0.4 is 4.18 Å². The molecule has 10 heteroatoms. The maximum atomic E-state index is 12.3. The molecule has 0 aromatic heterocycles. The summed E-state index contributed by atoms with van der Waals surface area (Å²) in [6.07, 6.45) is -12.0. The average Bonchev–Trinajstić information content (AvgIpc) is 2.14. The van der Waals surface area contributed by atoms with Gasteiger partial charge in [-0.2, -0.15) is 34.6 Å². The SMILES string of the molecule is O=S(=O)(Oc1ccccc1)OC(F)(F)C(F)(F)F. The van der Waals surface area contributed by atoms with Crippen molar-refractivity contribution >= 4 is 10.4 Å². The van der Waals surface area contributed by atoms with Crippen molar-refractivity contribution in [1.29, 1.82) is 0 Å². The second kappa shape index (κ2) is 4.69. The summed E-state index contributed by atoms with van der Waals surface area (Å²) < 4.78 is 88.0. The zero-order valence-electron chi connectivity index (χ0n) is 8.32. The fraction of sp³-hybridized carbons (Fsp3) is 0.250. The van der Waals surface area contributed by atoms with Gasteiger partial charge in [-0.1, -0.05) is 18.2 Å². The summed E-state index contributed by atoms with van der Waals surface area (Å²) in [5.74, 6) is -0.463. The van der Waals surface area contributed by atoms with Gasteiger partial charge in [0.05, 0.1) is 0 Å². The Balaban J connectivity index is 2.84. The van der Waals surface area contributed by atoms with Crippen molar-refractivity contribution in [3.63, 3.8) is 0 Å². The van der Waals surface area contributed by atoms with E-state index < -0.39 is 28.4 Å². The van der Waals surface area contributed by atoms with Crippen LogP contribution in [0.1, 0.15) is 0 Å². The minimum Gasteiger partial charge on any atom is -0.362 e. The van der Waals surface area contributed by atoms with Crippen molar-refractivity contribution in [3.8, 4) is 5.75 Å². The number of halogens is 5. The summed E-state index contributed by atoms with van der Waals surface area (Å²) in [6.45, 7) is 0. The van der Waals surface area contributed by atoms with E-state index in [1.807, 2.05) is 0 Å². The van der Waals surface area contributed by atoms with E-state index in [0.717, 1.165) is 12.1 Å². The molecule has 1 aromatic rings. The topological polar surface area (TPSA) is 52.6 Å². The first kappa shape index (κ1) is 14.6. The fourth-order valence-corrected chi connectivity index (χ4v) is 1.52. The third kappa shape index (κ3) is 3.81. The van der Waals surface area contributed by atoms with Crippen LogP contribution in [0.25, 0.3) is 0 Å². The second-order valence-corrected chi connectivity index (χ2v) is 4.05. The normalized spacial score (nSPS) is 13.4. The molecule has 4 nitrogen and oxygen atoms in total. The van der Waals surface area contributed by atoms with Crippen molar-refractivity contribution in [3.05, 3.63) is 30.3 Å². The summed E-state index contributed by atoms with van der Waals surface area (Å²) in [4.78, 5) is 0. The Morgan fingerprint density at radius 1 is 0.944 bits per heavy atom. The molecule has 0 unspecified atom stereocenters. The smallest absolute Gasteiger partial charge is 0.362 e. The molecular formula is C8H5F5O4S. The van der Waals surface area contributed by atoms with Crippen LogP contribution in [0.5, 0.6) is 5.75 Å². The van der Waals surface area contributed by atoms with E-state index >= 15 is 0 Å². The lowest BCUT2D eigenvalue weighted by atomic mass is 10.3.